The van der Waals surface area contributed by atoms with Gasteiger partial charge in [-0.05, 0) is 31.5 Å². The van der Waals surface area contributed by atoms with Gasteiger partial charge < -0.3 is 5.32 Å². The SMILES string of the molecule is CC1CNCCC1NS(=O)(=O)c1cncc(Cl)c1. The van der Waals surface area contributed by atoms with Crippen LogP contribution in [0.5, 0.6) is 0 Å². The topological polar surface area (TPSA) is 71.1 Å². The van der Waals surface area contributed by atoms with Crippen LogP contribution in [0.25, 0.3) is 0 Å². The number of pyridine rings is 1. The smallest absolute Gasteiger partial charge is 0.242 e. The molecule has 2 N–H and O–H groups in total. The molecule has 0 bridgehead atoms. The van der Waals surface area contributed by atoms with Gasteiger partial charge in [0.15, 0.2) is 0 Å². The van der Waals surface area contributed by atoms with Crippen LogP contribution in [0.4, 0.5) is 0 Å². The van der Waals surface area contributed by atoms with Crippen LogP contribution >= 0.6 is 11.6 Å². The molecule has 1 aromatic heterocycles. The molecule has 0 aliphatic carbocycles. The van der Waals surface area contributed by atoms with Gasteiger partial charge >= 0.3 is 0 Å². The first kappa shape index (κ1) is 13.7. The number of hydrogen-bond acceptors (Lipinski definition) is 4. The zero-order valence-electron chi connectivity index (χ0n) is 10.1. The molecule has 5 nitrogen and oxygen atoms in total. The van der Waals surface area contributed by atoms with E-state index in [2.05, 4.69) is 15.0 Å². The molecule has 1 aliphatic rings. The van der Waals surface area contributed by atoms with E-state index in [1.54, 1.807) is 0 Å². The fourth-order valence-electron chi connectivity index (χ4n) is 2.00. The van der Waals surface area contributed by atoms with Gasteiger partial charge in [0.25, 0.3) is 0 Å². The molecular formula is C11H16ClN3O2S. The van der Waals surface area contributed by atoms with Gasteiger partial charge in [0, 0.05) is 18.4 Å². The molecule has 0 saturated carbocycles. The number of halogens is 1. The van der Waals surface area contributed by atoms with E-state index in [9.17, 15) is 8.42 Å². The maximum Gasteiger partial charge on any atom is 0.242 e. The molecule has 2 unspecified atom stereocenters. The van der Waals surface area contributed by atoms with Crippen molar-refractivity contribution in [3.8, 4) is 0 Å². The summed E-state index contributed by atoms with van der Waals surface area (Å²) in [6.07, 6.45) is 3.50. The summed E-state index contributed by atoms with van der Waals surface area (Å²) in [4.78, 5) is 3.91. The Morgan fingerprint density at radius 2 is 2.28 bits per heavy atom. The van der Waals surface area contributed by atoms with Gasteiger partial charge in [-0.1, -0.05) is 18.5 Å². The second-order valence-electron chi connectivity index (χ2n) is 4.54. The van der Waals surface area contributed by atoms with Gasteiger partial charge in [-0.3, -0.25) is 4.98 Å². The Morgan fingerprint density at radius 1 is 1.50 bits per heavy atom. The summed E-state index contributed by atoms with van der Waals surface area (Å²) in [5.41, 5.74) is 0. The van der Waals surface area contributed by atoms with E-state index >= 15 is 0 Å². The highest BCUT2D eigenvalue weighted by atomic mass is 35.5. The van der Waals surface area contributed by atoms with Gasteiger partial charge in [0.05, 0.1) is 5.02 Å². The lowest BCUT2D eigenvalue weighted by molar-refractivity contribution is 0.328. The van der Waals surface area contributed by atoms with Gasteiger partial charge in [-0.15, -0.1) is 0 Å². The highest BCUT2D eigenvalue weighted by molar-refractivity contribution is 7.89. The molecule has 2 heterocycles. The molecule has 1 aromatic rings. The van der Waals surface area contributed by atoms with Crippen molar-refractivity contribution in [1.29, 1.82) is 0 Å². The minimum absolute atomic E-state index is 0.0461. The zero-order valence-corrected chi connectivity index (χ0v) is 11.6. The zero-order chi connectivity index (χ0) is 13.2. The van der Waals surface area contributed by atoms with Crippen molar-refractivity contribution in [2.45, 2.75) is 24.3 Å². The van der Waals surface area contributed by atoms with E-state index in [0.717, 1.165) is 19.5 Å². The van der Waals surface area contributed by atoms with Gasteiger partial charge in [-0.25, -0.2) is 13.1 Å². The number of piperidine rings is 1. The first-order chi connectivity index (χ1) is 8.49. The number of hydrogen-bond donors (Lipinski definition) is 2. The molecule has 7 heteroatoms. The van der Waals surface area contributed by atoms with Crippen LogP contribution in [-0.2, 0) is 10.0 Å². The average molecular weight is 290 g/mol. The molecule has 1 fully saturated rings. The van der Waals surface area contributed by atoms with Crippen molar-refractivity contribution in [1.82, 2.24) is 15.0 Å². The van der Waals surface area contributed by atoms with Crippen LogP contribution < -0.4 is 10.0 Å². The first-order valence-corrected chi connectivity index (χ1v) is 7.69. The largest absolute Gasteiger partial charge is 0.316 e. The first-order valence-electron chi connectivity index (χ1n) is 5.82. The Morgan fingerprint density at radius 3 is 2.94 bits per heavy atom. The molecule has 2 rings (SSSR count). The number of rotatable bonds is 3. The third-order valence-electron chi connectivity index (χ3n) is 3.08. The summed E-state index contributed by atoms with van der Waals surface area (Å²) in [5.74, 6) is 0.265. The predicted molar refractivity (Wildman–Crippen MR) is 70.0 cm³/mol. The average Bonchev–Trinajstić information content (AvgIpc) is 2.32. The van der Waals surface area contributed by atoms with Crippen LogP contribution in [-0.4, -0.2) is 32.5 Å². The minimum atomic E-state index is -3.54. The predicted octanol–water partition coefficient (Wildman–Crippen LogP) is 1.01. The van der Waals surface area contributed by atoms with Crippen molar-refractivity contribution in [3.05, 3.63) is 23.5 Å². The maximum absolute atomic E-state index is 12.2. The summed E-state index contributed by atoms with van der Waals surface area (Å²) >= 11 is 5.76. The lowest BCUT2D eigenvalue weighted by Crippen LogP contribution is -2.48. The van der Waals surface area contributed by atoms with Crippen LogP contribution in [0.3, 0.4) is 0 Å². The summed E-state index contributed by atoms with van der Waals surface area (Å²) in [5, 5.41) is 3.55. The van der Waals surface area contributed by atoms with Gasteiger partial charge in [-0.2, -0.15) is 0 Å². The fourth-order valence-corrected chi connectivity index (χ4v) is 3.60. The molecule has 1 aliphatic heterocycles. The number of nitrogens with zero attached hydrogens (tertiary/aromatic N) is 1. The Labute approximate surface area is 112 Å². The molecule has 100 valence electrons. The van der Waals surface area contributed by atoms with E-state index in [0.29, 0.717) is 5.02 Å². The van der Waals surface area contributed by atoms with Crippen molar-refractivity contribution < 1.29 is 8.42 Å². The normalized spacial score (nSPS) is 25.0. The third-order valence-corrected chi connectivity index (χ3v) is 4.75. The molecule has 1 saturated heterocycles. The summed E-state index contributed by atoms with van der Waals surface area (Å²) in [6.45, 7) is 3.67. The number of aromatic nitrogens is 1. The molecule has 18 heavy (non-hydrogen) atoms. The molecule has 0 amide bonds. The molecular weight excluding hydrogens is 274 g/mol. The standard InChI is InChI=1S/C11H16ClN3O2S/c1-8-5-13-3-2-11(8)15-18(16,17)10-4-9(12)6-14-7-10/h4,6-8,11,13,15H,2-3,5H2,1H3. The molecule has 0 aromatic carbocycles. The highest BCUT2D eigenvalue weighted by Crippen LogP contribution is 2.17. The number of sulfonamides is 1. The monoisotopic (exact) mass is 289 g/mol. The molecule has 0 radical (unpaired) electrons. The van der Waals surface area contributed by atoms with Crippen LogP contribution in [0, 0.1) is 5.92 Å². The van der Waals surface area contributed by atoms with Gasteiger partial charge in [0.2, 0.25) is 10.0 Å². The second kappa shape index (κ2) is 5.52. The Bertz CT molecular complexity index is 521. The summed E-state index contributed by atoms with van der Waals surface area (Å²) in [6, 6.07) is 1.36. The minimum Gasteiger partial charge on any atom is -0.316 e. The van der Waals surface area contributed by atoms with E-state index in [4.69, 9.17) is 11.6 Å². The molecule has 0 spiro atoms. The lowest BCUT2D eigenvalue weighted by Gasteiger charge is -2.29. The Kier molecular flexibility index (Phi) is 4.21. The highest BCUT2D eigenvalue weighted by Gasteiger charge is 2.26. The second-order valence-corrected chi connectivity index (χ2v) is 6.69. The number of nitrogens with one attached hydrogen (secondary N) is 2. The van der Waals surface area contributed by atoms with Crippen LogP contribution in [0.15, 0.2) is 23.4 Å². The van der Waals surface area contributed by atoms with E-state index in [1.165, 1.54) is 18.5 Å². The van der Waals surface area contributed by atoms with Crippen molar-refractivity contribution in [3.63, 3.8) is 0 Å². The Balaban J connectivity index is 2.16. The summed E-state index contributed by atoms with van der Waals surface area (Å²) in [7, 11) is -3.54. The van der Waals surface area contributed by atoms with E-state index < -0.39 is 10.0 Å². The summed E-state index contributed by atoms with van der Waals surface area (Å²) < 4.78 is 27.1. The Hall–Kier alpha value is -0.690. The maximum atomic E-state index is 12.2. The molecule has 2 atom stereocenters. The van der Waals surface area contributed by atoms with Crippen molar-refractivity contribution in [2.75, 3.05) is 13.1 Å². The lowest BCUT2D eigenvalue weighted by atomic mass is 9.97. The third kappa shape index (κ3) is 3.20. The fraction of sp³-hybridized carbons (Fsp3) is 0.545. The van der Waals surface area contributed by atoms with Gasteiger partial charge in [0.1, 0.15) is 4.90 Å². The van der Waals surface area contributed by atoms with E-state index in [1.807, 2.05) is 6.92 Å². The van der Waals surface area contributed by atoms with Crippen LogP contribution in [0.1, 0.15) is 13.3 Å². The quantitative estimate of drug-likeness (QED) is 0.871. The van der Waals surface area contributed by atoms with Crippen LogP contribution in [0.2, 0.25) is 5.02 Å². The van der Waals surface area contributed by atoms with Crippen molar-refractivity contribution in [2.24, 2.45) is 5.92 Å². The van der Waals surface area contributed by atoms with E-state index in [-0.39, 0.29) is 16.9 Å². The van der Waals surface area contributed by atoms with Crippen molar-refractivity contribution >= 4 is 21.6 Å².